The van der Waals surface area contributed by atoms with Crippen molar-refractivity contribution < 1.29 is 0 Å². The van der Waals surface area contributed by atoms with E-state index in [-0.39, 0.29) is 0 Å². The van der Waals surface area contributed by atoms with Gasteiger partial charge in [-0.15, -0.1) is 0 Å². The van der Waals surface area contributed by atoms with E-state index in [1.54, 1.807) is 16.7 Å². The maximum absolute atomic E-state index is 2.43. The third-order valence-corrected chi connectivity index (χ3v) is 3.66. The van der Waals surface area contributed by atoms with Gasteiger partial charge in [0.15, 0.2) is 0 Å². The molecule has 17 heavy (non-hydrogen) atoms. The molecule has 1 aliphatic rings. The van der Waals surface area contributed by atoms with Crippen molar-refractivity contribution in [2.24, 2.45) is 5.92 Å². The molecule has 0 aromatic carbocycles. The van der Waals surface area contributed by atoms with Crippen LogP contribution in [0.15, 0.2) is 34.9 Å². The average Bonchev–Trinajstić information content (AvgIpc) is 2.34. The lowest BCUT2D eigenvalue weighted by atomic mass is 10.0. The topological polar surface area (TPSA) is 0 Å². The van der Waals surface area contributed by atoms with Gasteiger partial charge in [0.2, 0.25) is 0 Å². The van der Waals surface area contributed by atoms with Crippen LogP contribution >= 0.6 is 0 Å². The van der Waals surface area contributed by atoms with Crippen LogP contribution in [-0.4, -0.2) is 0 Å². The number of hydrogen-bond acceptors (Lipinski definition) is 0. The predicted molar refractivity (Wildman–Crippen MR) is 78.1 cm³/mol. The van der Waals surface area contributed by atoms with Gasteiger partial charge in [-0.05, 0) is 51.9 Å². The van der Waals surface area contributed by atoms with Gasteiger partial charge >= 0.3 is 0 Å². The third-order valence-electron chi connectivity index (χ3n) is 3.66. The molecule has 1 rings (SSSR count). The van der Waals surface area contributed by atoms with Crippen LogP contribution in [-0.2, 0) is 0 Å². The molecule has 0 bridgehead atoms. The van der Waals surface area contributed by atoms with Crippen molar-refractivity contribution in [3.63, 3.8) is 0 Å². The molecule has 0 aromatic rings. The molecule has 0 aliphatic heterocycles. The summed E-state index contributed by atoms with van der Waals surface area (Å²) in [6, 6.07) is 0. The van der Waals surface area contributed by atoms with Crippen molar-refractivity contribution in [1.29, 1.82) is 0 Å². The highest BCUT2D eigenvalue weighted by molar-refractivity contribution is 5.24. The van der Waals surface area contributed by atoms with Crippen LogP contribution in [0.4, 0.5) is 0 Å². The van der Waals surface area contributed by atoms with E-state index in [0.717, 1.165) is 12.3 Å². The standard InChI is InChI=1S/C17H28/c1-14(2)8-7-11-17-10-6-5-9-15(3)16(4)12-13-17/h6,10,13-14H,5,7-9,11-12H2,1-4H3. The van der Waals surface area contributed by atoms with Gasteiger partial charge in [0.1, 0.15) is 0 Å². The first-order valence-corrected chi connectivity index (χ1v) is 7.10. The molecule has 0 N–H and O–H groups in total. The van der Waals surface area contributed by atoms with Gasteiger partial charge < -0.3 is 0 Å². The summed E-state index contributed by atoms with van der Waals surface area (Å²) >= 11 is 0. The number of allylic oxidation sites excluding steroid dienone is 6. The Bertz CT molecular complexity index is 313. The van der Waals surface area contributed by atoms with Crippen molar-refractivity contribution >= 4 is 0 Å². The molecule has 0 atom stereocenters. The summed E-state index contributed by atoms with van der Waals surface area (Å²) in [5, 5.41) is 0. The molecule has 0 heterocycles. The first-order valence-electron chi connectivity index (χ1n) is 7.10. The lowest BCUT2D eigenvalue weighted by Crippen LogP contribution is -1.88. The lowest BCUT2D eigenvalue weighted by Gasteiger charge is -2.06. The van der Waals surface area contributed by atoms with Crippen molar-refractivity contribution in [2.45, 2.75) is 66.2 Å². The summed E-state index contributed by atoms with van der Waals surface area (Å²) in [5.74, 6) is 0.833. The van der Waals surface area contributed by atoms with Crippen LogP contribution in [0, 0.1) is 5.92 Å². The molecule has 0 nitrogen and oxygen atoms in total. The number of rotatable bonds is 4. The second-order valence-corrected chi connectivity index (χ2v) is 5.77. The molecule has 0 heteroatoms. The van der Waals surface area contributed by atoms with Gasteiger partial charge in [-0.1, -0.05) is 55.2 Å². The molecule has 0 unspecified atom stereocenters. The monoisotopic (exact) mass is 232 g/mol. The molecule has 96 valence electrons. The Hall–Kier alpha value is -0.780. The predicted octanol–water partition coefficient (Wildman–Crippen LogP) is 5.82. The molecule has 0 aromatic heterocycles. The highest BCUT2D eigenvalue weighted by atomic mass is 14.1. The molecular weight excluding hydrogens is 204 g/mol. The Balaban J connectivity index is 2.55. The van der Waals surface area contributed by atoms with Gasteiger partial charge in [0, 0.05) is 0 Å². The van der Waals surface area contributed by atoms with Gasteiger partial charge in [0.25, 0.3) is 0 Å². The first kappa shape index (κ1) is 14.3. The summed E-state index contributed by atoms with van der Waals surface area (Å²) in [4.78, 5) is 0. The zero-order chi connectivity index (χ0) is 12.7. The molecule has 0 radical (unpaired) electrons. The summed E-state index contributed by atoms with van der Waals surface area (Å²) in [6.07, 6.45) is 14.6. The Labute approximate surface area is 108 Å². The minimum absolute atomic E-state index is 0.833. The van der Waals surface area contributed by atoms with Crippen LogP contribution in [0.25, 0.3) is 0 Å². The third kappa shape index (κ3) is 5.91. The Morgan fingerprint density at radius 3 is 2.65 bits per heavy atom. The van der Waals surface area contributed by atoms with Crippen molar-refractivity contribution in [3.05, 3.63) is 34.9 Å². The number of hydrogen-bond donors (Lipinski definition) is 0. The summed E-state index contributed by atoms with van der Waals surface area (Å²) in [7, 11) is 0. The van der Waals surface area contributed by atoms with Crippen molar-refractivity contribution in [2.75, 3.05) is 0 Å². The maximum Gasteiger partial charge on any atom is -0.0133 e. The Kier molecular flexibility index (Phi) is 6.32. The van der Waals surface area contributed by atoms with E-state index in [1.807, 2.05) is 0 Å². The minimum atomic E-state index is 0.833. The molecule has 0 saturated carbocycles. The lowest BCUT2D eigenvalue weighted by molar-refractivity contribution is 0.556. The highest BCUT2D eigenvalue weighted by Crippen LogP contribution is 2.21. The van der Waals surface area contributed by atoms with Crippen LogP contribution in [0.3, 0.4) is 0 Å². The van der Waals surface area contributed by atoms with E-state index in [4.69, 9.17) is 0 Å². The smallest absolute Gasteiger partial charge is 0.0133 e. The second kappa shape index (κ2) is 7.53. The maximum atomic E-state index is 2.43. The summed E-state index contributed by atoms with van der Waals surface area (Å²) in [6.45, 7) is 9.18. The van der Waals surface area contributed by atoms with Crippen LogP contribution in [0.2, 0.25) is 0 Å². The van der Waals surface area contributed by atoms with E-state index in [0.29, 0.717) is 0 Å². The fourth-order valence-electron chi connectivity index (χ4n) is 2.17. The van der Waals surface area contributed by atoms with Crippen molar-refractivity contribution in [1.82, 2.24) is 0 Å². The molecule has 0 fully saturated rings. The summed E-state index contributed by atoms with van der Waals surface area (Å²) in [5.41, 5.74) is 4.68. The molecule has 1 aliphatic carbocycles. The molecular formula is C17H28. The summed E-state index contributed by atoms with van der Waals surface area (Å²) < 4.78 is 0. The molecule has 0 saturated heterocycles. The minimum Gasteiger partial charge on any atom is -0.0840 e. The fraction of sp³-hybridized carbons (Fsp3) is 0.647. The van der Waals surface area contributed by atoms with E-state index in [1.165, 1.54) is 32.1 Å². The van der Waals surface area contributed by atoms with Crippen LogP contribution in [0.1, 0.15) is 66.2 Å². The van der Waals surface area contributed by atoms with Gasteiger partial charge in [-0.25, -0.2) is 0 Å². The van der Waals surface area contributed by atoms with E-state index < -0.39 is 0 Å². The van der Waals surface area contributed by atoms with Crippen molar-refractivity contribution in [3.8, 4) is 0 Å². The average molecular weight is 232 g/mol. The SMILES string of the molecule is CC1=C(C)CCC=CC(CCCC(C)C)=CC1. The van der Waals surface area contributed by atoms with Gasteiger partial charge in [-0.2, -0.15) is 0 Å². The van der Waals surface area contributed by atoms with Crippen LogP contribution in [0.5, 0.6) is 0 Å². The largest absolute Gasteiger partial charge is 0.0840 e. The van der Waals surface area contributed by atoms with Gasteiger partial charge in [-0.3, -0.25) is 0 Å². The quantitative estimate of drug-likeness (QED) is 0.536. The Morgan fingerprint density at radius 1 is 1.18 bits per heavy atom. The van der Waals surface area contributed by atoms with Gasteiger partial charge in [0.05, 0.1) is 0 Å². The first-order chi connectivity index (χ1) is 8.09. The molecule has 0 spiro atoms. The second-order valence-electron chi connectivity index (χ2n) is 5.77. The zero-order valence-corrected chi connectivity index (χ0v) is 12.1. The van der Waals surface area contributed by atoms with E-state index in [9.17, 15) is 0 Å². The fourth-order valence-corrected chi connectivity index (χ4v) is 2.17. The Morgan fingerprint density at radius 2 is 1.94 bits per heavy atom. The normalized spacial score (nSPS) is 17.8. The van der Waals surface area contributed by atoms with E-state index in [2.05, 4.69) is 45.9 Å². The van der Waals surface area contributed by atoms with E-state index >= 15 is 0 Å². The van der Waals surface area contributed by atoms with Crippen LogP contribution < -0.4 is 0 Å². The highest BCUT2D eigenvalue weighted by Gasteiger charge is 2.01. The molecule has 0 amide bonds. The zero-order valence-electron chi connectivity index (χ0n) is 12.1.